The van der Waals surface area contributed by atoms with E-state index in [1.165, 1.54) is 19.1 Å². The lowest BCUT2D eigenvalue weighted by atomic mass is 10.2. The van der Waals surface area contributed by atoms with Crippen molar-refractivity contribution in [2.75, 3.05) is 5.32 Å². The van der Waals surface area contributed by atoms with Crippen molar-refractivity contribution in [1.29, 1.82) is 0 Å². The van der Waals surface area contributed by atoms with E-state index in [9.17, 15) is 14.0 Å². The maximum atomic E-state index is 13.3. The molecule has 0 radical (unpaired) electrons. The second-order valence-corrected chi connectivity index (χ2v) is 3.08. The molecule has 0 atom stereocenters. The molecule has 0 saturated heterocycles. The Labute approximate surface area is 89.8 Å². The van der Waals surface area contributed by atoms with E-state index in [0.717, 1.165) is 6.07 Å². The van der Waals surface area contributed by atoms with E-state index < -0.39 is 11.7 Å². The van der Waals surface area contributed by atoms with Crippen molar-refractivity contribution in [2.24, 2.45) is 4.99 Å². The van der Waals surface area contributed by atoms with Gasteiger partial charge in [-0.25, -0.2) is 9.18 Å². The van der Waals surface area contributed by atoms with Gasteiger partial charge in [-0.3, -0.25) is 4.79 Å². The highest BCUT2D eigenvalue weighted by Gasteiger charge is 2.10. The minimum atomic E-state index is -0.758. The molecule has 1 aromatic carbocycles. The van der Waals surface area contributed by atoms with Crippen molar-refractivity contribution in [1.82, 2.24) is 0 Å². The van der Waals surface area contributed by atoms with Gasteiger partial charge in [0.05, 0.1) is 16.4 Å². The van der Waals surface area contributed by atoms with E-state index in [1.54, 1.807) is 0 Å². The van der Waals surface area contributed by atoms with Gasteiger partial charge in [-0.15, -0.1) is 0 Å². The number of benzene rings is 1. The van der Waals surface area contributed by atoms with Crippen LogP contribution in [0.25, 0.3) is 0 Å². The molecule has 0 aliphatic heterocycles. The molecular weight excluding hydrogens is 223 g/mol. The summed E-state index contributed by atoms with van der Waals surface area (Å²) < 4.78 is 13.3. The molecule has 1 amide bonds. The Balaban J connectivity index is 3.20. The van der Waals surface area contributed by atoms with Crippen LogP contribution < -0.4 is 5.32 Å². The third-order valence-corrected chi connectivity index (χ3v) is 1.80. The average Bonchev–Trinajstić information content (AvgIpc) is 2.11. The van der Waals surface area contributed by atoms with Gasteiger partial charge in [-0.05, 0) is 6.07 Å². The molecule has 78 valence electrons. The second kappa shape index (κ2) is 4.68. The van der Waals surface area contributed by atoms with E-state index in [2.05, 4.69) is 10.3 Å². The largest absolute Gasteiger partial charge is 0.323 e. The summed E-state index contributed by atoms with van der Waals surface area (Å²) in [5.41, 5.74) is -0.0874. The maximum Gasteiger partial charge on any atom is 0.240 e. The number of anilines is 1. The Morgan fingerprint density at radius 3 is 2.73 bits per heavy atom. The zero-order valence-corrected chi connectivity index (χ0v) is 8.43. The minimum Gasteiger partial charge on any atom is -0.323 e. The summed E-state index contributed by atoms with van der Waals surface area (Å²) in [5, 5.41) is 2.20. The molecule has 0 aliphatic carbocycles. The molecule has 0 aromatic heterocycles. The summed E-state index contributed by atoms with van der Waals surface area (Å²) in [6.07, 6.45) is 1.26. The van der Waals surface area contributed by atoms with Gasteiger partial charge in [0.2, 0.25) is 12.0 Å². The van der Waals surface area contributed by atoms with Crippen LogP contribution in [0.2, 0.25) is 5.02 Å². The molecule has 0 fully saturated rings. The lowest BCUT2D eigenvalue weighted by molar-refractivity contribution is -0.114. The summed E-state index contributed by atoms with van der Waals surface area (Å²) in [7, 11) is 0. The Morgan fingerprint density at radius 2 is 2.27 bits per heavy atom. The average molecular weight is 229 g/mol. The first-order valence-electron chi connectivity index (χ1n) is 3.89. The number of hydrogen-bond acceptors (Lipinski definition) is 3. The van der Waals surface area contributed by atoms with E-state index in [0.29, 0.717) is 0 Å². The normalized spacial score (nSPS) is 9.27. The van der Waals surface area contributed by atoms with Crippen molar-refractivity contribution >= 4 is 35.0 Å². The van der Waals surface area contributed by atoms with Crippen molar-refractivity contribution < 1.29 is 14.0 Å². The molecule has 0 saturated carbocycles. The fourth-order valence-electron chi connectivity index (χ4n) is 0.972. The van der Waals surface area contributed by atoms with Gasteiger partial charge in [0, 0.05) is 13.0 Å². The number of carbonyl (C=O) groups excluding carboxylic acids is 2. The van der Waals surface area contributed by atoms with E-state index >= 15 is 0 Å². The highest BCUT2D eigenvalue weighted by atomic mass is 35.5. The summed E-state index contributed by atoms with van der Waals surface area (Å²) >= 11 is 5.67. The fraction of sp³-hybridized carbons (Fsp3) is 0.111. The number of nitrogens with zero attached hydrogens (tertiary/aromatic N) is 1. The number of aliphatic imine (C=N–C) groups is 1. The SMILES string of the molecule is CC(=O)Nc1c(F)cc(N=C=O)cc1Cl. The van der Waals surface area contributed by atoms with Crippen LogP contribution in [0.15, 0.2) is 17.1 Å². The van der Waals surface area contributed by atoms with Crippen LogP contribution in [-0.4, -0.2) is 12.0 Å². The Bertz CT molecular complexity index is 432. The molecule has 0 heterocycles. The monoisotopic (exact) mass is 228 g/mol. The Morgan fingerprint density at radius 1 is 1.60 bits per heavy atom. The van der Waals surface area contributed by atoms with Crippen molar-refractivity contribution in [3.05, 3.63) is 23.0 Å². The highest BCUT2D eigenvalue weighted by molar-refractivity contribution is 6.34. The van der Waals surface area contributed by atoms with Crippen LogP contribution in [0.4, 0.5) is 15.8 Å². The van der Waals surface area contributed by atoms with E-state index in [4.69, 9.17) is 11.6 Å². The predicted molar refractivity (Wildman–Crippen MR) is 53.5 cm³/mol. The lowest BCUT2D eigenvalue weighted by Crippen LogP contribution is -2.07. The topological polar surface area (TPSA) is 58.5 Å². The first-order chi connectivity index (χ1) is 7.04. The summed E-state index contributed by atoms with van der Waals surface area (Å²) in [6, 6.07) is 2.23. The predicted octanol–water partition coefficient (Wildman–Crippen LogP) is 2.40. The first kappa shape index (κ1) is 11.4. The van der Waals surface area contributed by atoms with Gasteiger partial charge in [0.25, 0.3) is 0 Å². The number of hydrogen-bond donors (Lipinski definition) is 1. The standard InChI is InChI=1S/C9H6ClFN2O2/c1-5(15)13-9-7(10)2-6(12-4-14)3-8(9)11/h2-3H,1H3,(H,13,15). The van der Waals surface area contributed by atoms with Crippen LogP contribution >= 0.6 is 11.6 Å². The highest BCUT2D eigenvalue weighted by Crippen LogP contribution is 2.30. The summed E-state index contributed by atoms with van der Waals surface area (Å²) in [6.45, 7) is 1.23. The minimum absolute atomic E-state index is 0.0285. The molecule has 0 unspecified atom stereocenters. The molecule has 1 rings (SSSR count). The van der Waals surface area contributed by atoms with Gasteiger partial charge in [-0.2, -0.15) is 4.99 Å². The van der Waals surface area contributed by atoms with Gasteiger partial charge in [0.1, 0.15) is 5.82 Å². The van der Waals surface area contributed by atoms with Gasteiger partial charge in [0.15, 0.2) is 0 Å². The van der Waals surface area contributed by atoms with Crippen LogP contribution in [0.1, 0.15) is 6.92 Å². The van der Waals surface area contributed by atoms with Gasteiger partial charge >= 0.3 is 0 Å². The Kier molecular flexibility index (Phi) is 3.55. The maximum absolute atomic E-state index is 13.3. The first-order valence-corrected chi connectivity index (χ1v) is 4.27. The zero-order valence-electron chi connectivity index (χ0n) is 7.67. The molecule has 0 aliphatic rings. The smallest absolute Gasteiger partial charge is 0.240 e. The molecule has 0 spiro atoms. The number of isocyanates is 1. The molecule has 0 bridgehead atoms. The fourth-order valence-corrected chi connectivity index (χ4v) is 1.22. The molecule has 6 heteroatoms. The van der Waals surface area contributed by atoms with E-state index in [-0.39, 0.29) is 16.4 Å². The quantitative estimate of drug-likeness (QED) is 0.624. The van der Waals surface area contributed by atoms with Crippen LogP contribution in [0, 0.1) is 5.82 Å². The molecule has 4 nitrogen and oxygen atoms in total. The molecule has 1 aromatic rings. The third kappa shape index (κ3) is 2.87. The zero-order chi connectivity index (χ0) is 11.4. The molecular formula is C9H6ClFN2O2. The number of carbonyl (C=O) groups is 1. The number of rotatable bonds is 2. The van der Waals surface area contributed by atoms with E-state index in [1.807, 2.05) is 0 Å². The third-order valence-electron chi connectivity index (χ3n) is 1.50. The summed E-state index contributed by atoms with van der Waals surface area (Å²) in [5.74, 6) is -1.20. The van der Waals surface area contributed by atoms with Gasteiger partial charge < -0.3 is 5.32 Å². The van der Waals surface area contributed by atoms with Crippen molar-refractivity contribution in [2.45, 2.75) is 6.92 Å². The Hall–Kier alpha value is -1.71. The molecule has 1 N–H and O–H groups in total. The van der Waals surface area contributed by atoms with Crippen LogP contribution in [0.3, 0.4) is 0 Å². The van der Waals surface area contributed by atoms with Gasteiger partial charge in [-0.1, -0.05) is 11.6 Å². The van der Waals surface area contributed by atoms with Crippen LogP contribution in [0.5, 0.6) is 0 Å². The molecule has 15 heavy (non-hydrogen) atoms. The van der Waals surface area contributed by atoms with Crippen molar-refractivity contribution in [3.63, 3.8) is 0 Å². The number of halogens is 2. The lowest BCUT2D eigenvalue weighted by Gasteiger charge is -2.06. The van der Waals surface area contributed by atoms with Crippen LogP contribution in [-0.2, 0) is 9.59 Å². The van der Waals surface area contributed by atoms with Crippen molar-refractivity contribution in [3.8, 4) is 0 Å². The number of nitrogens with one attached hydrogen (secondary N) is 1. The second-order valence-electron chi connectivity index (χ2n) is 2.67. The number of amides is 1. The summed E-state index contributed by atoms with van der Waals surface area (Å²) in [4.78, 5) is 23.8.